The maximum Gasteiger partial charge on any atom is 0.243 e. The number of rotatable bonds is 8. The summed E-state index contributed by atoms with van der Waals surface area (Å²) in [6, 6.07) is 10.8. The van der Waals surface area contributed by atoms with Crippen LogP contribution in [0.4, 0.5) is 0 Å². The largest absolute Gasteiger partial charge is 0.296 e. The number of hydrogen-bond donors (Lipinski definition) is 0. The predicted molar refractivity (Wildman–Crippen MR) is 135 cm³/mol. The summed E-state index contributed by atoms with van der Waals surface area (Å²) in [7, 11) is -3.51. The fourth-order valence-electron chi connectivity index (χ4n) is 5.24. The summed E-state index contributed by atoms with van der Waals surface area (Å²) in [5.74, 6) is 0. The minimum absolute atomic E-state index is 0. The fourth-order valence-corrected chi connectivity index (χ4v) is 7.24. The molecule has 0 spiro atoms. The molecule has 2 aliphatic rings. The quantitative estimate of drug-likeness (QED) is 0.439. The number of halogens is 2. The van der Waals surface area contributed by atoms with Crippen molar-refractivity contribution in [3.05, 3.63) is 63.2 Å². The van der Waals surface area contributed by atoms with E-state index < -0.39 is 10.0 Å². The Balaban J connectivity index is 0.00000289. The highest BCUT2D eigenvalue weighted by atomic mass is 35.5. The molecule has 1 atom stereocenters. The zero-order valence-corrected chi connectivity index (χ0v) is 21.6. The van der Waals surface area contributed by atoms with Crippen molar-refractivity contribution in [3.8, 4) is 0 Å². The highest BCUT2D eigenvalue weighted by Gasteiger charge is 2.33. The first kappa shape index (κ1) is 25.5. The number of aryl methyl sites for hydroxylation is 3. The van der Waals surface area contributed by atoms with Gasteiger partial charge in [-0.15, -0.1) is 12.4 Å². The van der Waals surface area contributed by atoms with Gasteiger partial charge in [0.1, 0.15) is 0 Å². The zero-order valence-electron chi connectivity index (χ0n) is 19.2. The van der Waals surface area contributed by atoms with E-state index in [4.69, 9.17) is 11.6 Å². The lowest BCUT2D eigenvalue weighted by Crippen LogP contribution is -2.36. The van der Waals surface area contributed by atoms with Gasteiger partial charge in [0, 0.05) is 30.7 Å². The van der Waals surface area contributed by atoms with Crippen LogP contribution in [-0.4, -0.2) is 43.8 Å². The summed E-state index contributed by atoms with van der Waals surface area (Å²) >= 11 is 6.17. The Labute approximate surface area is 204 Å². The van der Waals surface area contributed by atoms with Crippen LogP contribution >= 0.6 is 24.0 Å². The Kier molecular flexibility index (Phi) is 8.32. The molecule has 0 aromatic heterocycles. The first-order valence-electron chi connectivity index (χ1n) is 11.4. The zero-order chi connectivity index (χ0) is 22.2. The molecule has 7 heteroatoms. The molecule has 4 rings (SSSR count). The van der Waals surface area contributed by atoms with Crippen molar-refractivity contribution in [2.24, 2.45) is 0 Å². The molecule has 0 radical (unpaired) electrons. The number of unbranched alkanes of at least 4 members (excludes halogenated alkanes) is 1. The van der Waals surface area contributed by atoms with Gasteiger partial charge in [-0.2, -0.15) is 4.31 Å². The van der Waals surface area contributed by atoms with Crippen molar-refractivity contribution >= 4 is 34.0 Å². The van der Waals surface area contributed by atoms with Gasteiger partial charge in [-0.1, -0.05) is 36.7 Å². The van der Waals surface area contributed by atoms with Crippen LogP contribution in [0, 0.1) is 13.8 Å². The summed E-state index contributed by atoms with van der Waals surface area (Å²) < 4.78 is 28.1. The maximum absolute atomic E-state index is 13.3. The van der Waals surface area contributed by atoms with Crippen LogP contribution in [0.25, 0.3) is 0 Å². The van der Waals surface area contributed by atoms with Crippen molar-refractivity contribution in [1.82, 2.24) is 9.21 Å². The topological polar surface area (TPSA) is 40.6 Å². The van der Waals surface area contributed by atoms with Crippen LogP contribution in [0.2, 0.25) is 5.02 Å². The van der Waals surface area contributed by atoms with Gasteiger partial charge < -0.3 is 0 Å². The number of benzene rings is 2. The van der Waals surface area contributed by atoms with Gasteiger partial charge in [0.05, 0.1) is 4.90 Å². The number of sulfonamides is 1. The number of nitrogens with zero attached hydrogens (tertiary/aromatic N) is 2. The molecule has 0 N–H and O–H groups in total. The maximum atomic E-state index is 13.3. The highest BCUT2D eigenvalue weighted by molar-refractivity contribution is 7.89. The van der Waals surface area contributed by atoms with E-state index in [-0.39, 0.29) is 12.4 Å². The van der Waals surface area contributed by atoms with Gasteiger partial charge in [-0.05, 0) is 92.4 Å². The molecule has 0 saturated carbocycles. The molecule has 0 saturated heterocycles. The van der Waals surface area contributed by atoms with E-state index in [0.29, 0.717) is 34.6 Å². The normalized spacial score (nSPS) is 18.0. The second kappa shape index (κ2) is 10.4. The van der Waals surface area contributed by atoms with Gasteiger partial charge in [0.2, 0.25) is 10.0 Å². The van der Waals surface area contributed by atoms with Gasteiger partial charge in [0.15, 0.2) is 0 Å². The molecule has 0 amide bonds. The molecule has 0 bridgehead atoms. The summed E-state index contributed by atoms with van der Waals surface area (Å²) in [4.78, 5) is 3.00. The van der Waals surface area contributed by atoms with Crippen LogP contribution in [-0.2, 0) is 22.9 Å². The van der Waals surface area contributed by atoms with Gasteiger partial charge >= 0.3 is 0 Å². The predicted octanol–water partition coefficient (Wildman–Crippen LogP) is 5.72. The van der Waals surface area contributed by atoms with Crippen molar-refractivity contribution in [2.75, 3.05) is 26.2 Å². The lowest BCUT2D eigenvalue weighted by molar-refractivity contribution is 0.181. The average Bonchev–Trinajstić information content (AvgIpc) is 3.18. The standard InChI is InChI=1S/C25H33ClN2O2S.ClH/c1-4-28(31(29,30)24-17-18(2)22(26)16-19(24)3)14-6-5-13-27-15-12-21-9-7-8-20-10-11-23(27)25(20)21;/h7-9,16-17,23H,4-6,10-15H2,1-3H3;1H. The Bertz CT molecular complexity index is 1070. The van der Waals surface area contributed by atoms with E-state index in [1.165, 1.54) is 24.0 Å². The van der Waals surface area contributed by atoms with E-state index >= 15 is 0 Å². The smallest absolute Gasteiger partial charge is 0.243 e. The molecular formula is C25H34Cl2N2O2S. The van der Waals surface area contributed by atoms with Crippen molar-refractivity contribution in [1.29, 1.82) is 0 Å². The Morgan fingerprint density at radius 1 is 1.09 bits per heavy atom. The molecule has 1 aliphatic heterocycles. The minimum atomic E-state index is -3.51. The lowest BCUT2D eigenvalue weighted by atomic mass is 9.93. The molecule has 1 aliphatic carbocycles. The Hall–Kier alpha value is -1.11. The lowest BCUT2D eigenvalue weighted by Gasteiger charge is -2.35. The summed E-state index contributed by atoms with van der Waals surface area (Å²) in [5.41, 5.74) is 6.15. The van der Waals surface area contributed by atoms with Gasteiger partial charge in [-0.3, -0.25) is 4.90 Å². The first-order valence-corrected chi connectivity index (χ1v) is 13.3. The van der Waals surface area contributed by atoms with Crippen molar-refractivity contribution < 1.29 is 8.42 Å². The summed E-state index contributed by atoms with van der Waals surface area (Å²) in [6.45, 7) is 8.76. The van der Waals surface area contributed by atoms with Crippen LogP contribution in [0.3, 0.4) is 0 Å². The molecular weight excluding hydrogens is 463 g/mol. The molecule has 176 valence electrons. The average molecular weight is 498 g/mol. The monoisotopic (exact) mass is 496 g/mol. The fraction of sp³-hybridized carbons (Fsp3) is 0.520. The van der Waals surface area contributed by atoms with Crippen LogP contribution in [0.15, 0.2) is 35.2 Å². The molecule has 0 fully saturated rings. The second-order valence-corrected chi connectivity index (χ2v) is 11.2. The number of hydrogen-bond acceptors (Lipinski definition) is 3. The van der Waals surface area contributed by atoms with Crippen molar-refractivity contribution in [3.63, 3.8) is 0 Å². The highest BCUT2D eigenvalue weighted by Crippen LogP contribution is 2.41. The summed E-state index contributed by atoms with van der Waals surface area (Å²) in [5, 5.41) is 0.609. The molecule has 4 nitrogen and oxygen atoms in total. The Morgan fingerprint density at radius 2 is 1.81 bits per heavy atom. The second-order valence-electron chi connectivity index (χ2n) is 8.90. The molecule has 32 heavy (non-hydrogen) atoms. The molecule has 2 aromatic rings. The van der Waals surface area contributed by atoms with Crippen LogP contribution in [0.1, 0.15) is 60.0 Å². The van der Waals surface area contributed by atoms with E-state index in [0.717, 1.165) is 37.9 Å². The molecule has 2 aromatic carbocycles. The van der Waals surface area contributed by atoms with Crippen LogP contribution < -0.4 is 0 Å². The third-order valence-corrected chi connectivity index (χ3v) is 9.47. The summed E-state index contributed by atoms with van der Waals surface area (Å²) in [6.07, 6.45) is 5.42. The minimum Gasteiger partial charge on any atom is -0.296 e. The van der Waals surface area contributed by atoms with Crippen LogP contribution in [0.5, 0.6) is 0 Å². The molecule has 1 unspecified atom stereocenters. The SMILES string of the molecule is CCN(CCCCN1CCc2cccc3c2C1CC3)S(=O)(=O)c1cc(C)c(Cl)cc1C.Cl. The Morgan fingerprint density at radius 3 is 2.53 bits per heavy atom. The van der Waals surface area contributed by atoms with Crippen molar-refractivity contribution in [2.45, 2.75) is 63.8 Å². The van der Waals surface area contributed by atoms with E-state index in [9.17, 15) is 8.42 Å². The van der Waals surface area contributed by atoms with E-state index in [1.807, 2.05) is 20.8 Å². The first-order chi connectivity index (χ1) is 14.8. The van der Waals surface area contributed by atoms with E-state index in [2.05, 4.69) is 23.1 Å². The molecule has 1 heterocycles. The van der Waals surface area contributed by atoms with E-state index in [1.54, 1.807) is 22.0 Å². The third kappa shape index (κ3) is 4.88. The van der Waals surface area contributed by atoms with Gasteiger partial charge in [-0.25, -0.2) is 8.42 Å². The third-order valence-electron chi connectivity index (χ3n) is 6.95. The van der Waals surface area contributed by atoms with Gasteiger partial charge in [0.25, 0.3) is 0 Å².